The van der Waals surface area contributed by atoms with E-state index in [0.29, 0.717) is 16.1 Å². The summed E-state index contributed by atoms with van der Waals surface area (Å²) >= 11 is 10.4. The van der Waals surface area contributed by atoms with E-state index in [-0.39, 0.29) is 42.4 Å². The highest BCUT2D eigenvalue weighted by Crippen LogP contribution is 2.06. The second-order valence-corrected chi connectivity index (χ2v) is 7.58. The Morgan fingerprint density at radius 2 is 1.27 bits per heavy atom. The van der Waals surface area contributed by atoms with Crippen LogP contribution in [0.2, 0.25) is 0 Å². The van der Waals surface area contributed by atoms with Crippen LogP contribution in [0.4, 0.5) is 0 Å². The molecule has 2 aromatic rings. The van der Waals surface area contributed by atoms with Gasteiger partial charge in [0.2, 0.25) is 0 Å². The number of thiocarbonyl (C=S) groups is 2. The largest absolute Gasteiger partial charge is 0.481 e. The molecule has 0 aliphatic carbocycles. The molecule has 3 N–H and O–H groups in total. The molecule has 8 heteroatoms. The molecule has 30 heavy (non-hydrogen) atoms. The molecule has 1 unspecified atom stereocenters. The summed E-state index contributed by atoms with van der Waals surface area (Å²) in [5.41, 5.74) is 1.10. The van der Waals surface area contributed by atoms with Crippen molar-refractivity contribution < 1.29 is 19.5 Å². The van der Waals surface area contributed by atoms with Gasteiger partial charge in [0.15, 0.2) is 11.6 Å². The SMILES string of the molecule is O=C(O)CC(CNC(=S)CC(=O)c1ccccc1)NC(=S)CC(=O)c1ccccc1. The lowest BCUT2D eigenvalue weighted by atomic mass is 10.1. The van der Waals surface area contributed by atoms with Crippen LogP contribution in [0.25, 0.3) is 0 Å². The fraction of sp³-hybridized carbons (Fsp3) is 0.227. The van der Waals surface area contributed by atoms with Crippen LogP contribution in [0.1, 0.15) is 40.0 Å². The number of rotatable bonds is 11. The van der Waals surface area contributed by atoms with E-state index in [1.165, 1.54) is 0 Å². The number of carboxylic acid groups (broad SMARTS) is 1. The molecule has 6 nitrogen and oxygen atoms in total. The number of carbonyl (C=O) groups is 3. The third-order valence-electron chi connectivity index (χ3n) is 4.17. The lowest BCUT2D eigenvalue weighted by molar-refractivity contribution is -0.137. The van der Waals surface area contributed by atoms with E-state index in [2.05, 4.69) is 10.6 Å². The van der Waals surface area contributed by atoms with E-state index in [9.17, 15) is 14.4 Å². The van der Waals surface area contributed by atoms with Gasteiger partial charge in [-0.1, -0.05) is 85.1 Å². The highest BCUT2D eigenvalue weighted by Gasteiger charge is 2.17. The quantitative estimate of drug-likeness (QED) is 0.361. The van der Waals surface area contributed by atoms with Crippen molar-refractivity contribution in [2.75, 3.05) is 6.54 Å². The number of Topliss-reactive ketones (excluding diaryl/α,β-unsaturated/α-hetero) is 2. The molecule has 0 aromatic heterocycles. The molecular formula is C22H22N2O4S2. The number of ketones is 2. The first kappa shape index (κ1) is 23.3. The minimum atomic E-state index is -1.02. The molecular weight excluding hydrogens is 420 g/mol. The van der Waals surface area contributed by atoms with E-state index in [4.69, 9.17) is 29.5 Å². The molecule has 0 aliphatic rings. The van der Waals surface area contributed by atoms with Crippen LogP contribution in [0, 0.1) is 0 Å². The molecule has 0 fully saturated rings. The average Bonchev–Trinajstić information content (AvgIpc) is 2.72. The summed E-state index contributed by atoms with van der Waals surface area (Å²) in [5, 5.41) is 15.0. The second-order valence-electron chi connectivity index (χ2n) is 6.60. The number of benzene rings is 2. The number of nitrogens with one attached hydrogen (secondary N) is 2. The van der Waals surface area contributed by atoms with Gasteiger partial charge in [-0.3, -0.25) is 14.4 Å². The second kappa shape index (κ2) is 11.9. The molecule has 0 bridgehead atoms. The van der Waals surface area contributed by atoms with Crippen molar-refractivity contribution in [1.29, 1.82) is 0 Å². The summed E-state index contributed by atoms with van der Waals surface area (Å²) in [5.74, 6) is -1.29. The van der Waals surface area contributed by atoms with Gasteiger partial charge in [-0.15, -0.1) is 0 Å². The minimum absolute atomic E-state index is 0.0214. The predicted molar refractivity (Wildman–Crippen MR) is 123 cm³/mol. The highest BCUT2D eigenvalue weighted by atomic mass is 32.1. The van der Waals surface area contributed by atoms with Gasteiger partial charge in [0, 0.05) is 17.7 Å². The van der Waals surface area contributed by atoms with Crippen LogP contribution < -0.4 is 10.6 Å². The highest BCUT2D eigenvalue weighted by molar-refractivity contribution is 7.80. The Bertz CT molecular complexity index is 917. The topological polar surface area (TPSA) is 95.5 Å². The molecule has 0 heterocycles. The fourth-order valence-corrected chi connectivity index (χ4v) is 3.22. The van der Waals surface area contributed by atoms with E-state index in [1.54, 1.807) is 48.5 Å². The third-order valence-corrected chi connectivity index (χ3v) is 4.72. The number of aliphatic carboxylic acids is 1. The van der Waals surface area contributed by atoms with Crippen LogP contribution in [-0.4, -0.2) is 45.2 Å². The van der Waals surface area contributed by atoms with Crippen LogP contribution >= 0.6 is 24.4 Å². The zero-order chi connectivity index (χ0) is 21.9. The van der Waals surface area contributed by atoms with Gasteiger partial charge in [-0.25, -0.2) is 0 Å². The summed E-state index contributed by atoms with van der Waals surface area (Å²) < 4.78 is 0. The van der Waals surface area contributed by atoms with Crippen LogP contribution in [0.15, 0.2) is 60.7 Å². The summed E-state index contributed by atoms with van der Waals surface area (Å²) in [6.07, 6.45) is -0.218. The smallest absolute Gasteiger partial charge is 0.305 e. The molecule has 2 rings (SSSR count). The number of carboxylic acids is 1. The first-order chi connectivity index (χ1) is 14.3. The summed E-state index contributed by atoms with van der Waals surface area (Å²) in [4.78, 5) is 36.2. The van der Waals surface area contributed by atoms with Gasteiger partial charge >= 0.3 is 5.97 Å². The third kappa shape index (κ3) is 8.18. The molecule has 2 aromatic carbocycles. The molecule has 0 saturated heterocycles. The van der Waals surface area contributed by atoms with Crippen molar-refractivity contribution in [2.45, 2.75) is 25.3 Å². The van der Waals surface area contributed by atoms with Crippen molar-refractivity contribution >= 4 is 51.9 Å². The number of hydrogen-bond donors (Lipinski definition) is 3. The van der Waals surface area contributed by atoms with E-state index >= 15 is 0 Å². The van der Waals surface area contributed by atoms with Gasteiger partial charge in [0.05, 0.1) is 35.3 Å². The van der Waals surface area contributed by atoms with Gasteiger partial charge in [0.1, 0.15) is 0 Å². The Morgan fingerprint density at radius 1 is 0.800 bits per heavy atom. The lowest BCUT2D eigenvalue weighted by Gasteiger charge is -2.20. The normalized spacial score (nSPS) is 11.2. The molecule has 1 atom stereocenters. The average molecular weight is 443 g/mol. The monoisotopic (exact) mass is 442 g/mol. The van der Waals surface area contributed by atoms with Crippen molar-refractivity contribution in [3.8, 4) is 0 Å². The Balaban J connectivity index is 1.86. The van der Waals surface area contributed by atoms with Gasteiger partial charge in [-0.05, 0) is 0 Å². The number of hydrogen-bond acceptors (Lipinski definition) is 5. The maximum absolute atomic E-state index is 12.3. The van der Waals surface area contributed by atoms with Crippen molar-refractivity contribution in [1.82, 2.24) is 10.6 Å². The Labute approximate surface area is 185 Å². The van der Waals surface area contributed by atoms with E-state index < -0.39 is 12.0 Å². The molecule has 0 spiro atoms. The van der Waals surface area contributed by atoms with E-state index in [0.717, 1.165) is 0 Å². The molecule has 0 radical (unpaired) electrons. The predicted octanol–water partition coefficient (Wildman–Crippen LogP) is 3.21. The van der Waals surface area contributed by atoms with Crippen molar-refractivity contribution in [2.24, 2.45) is 0 Å². The molecule has 0 saturated carbocycles. The standard InChI is InChI=1S/C22H22N2O4S2/c25-18(15-7-3-1-4-8-15)12-20(29)23-14-17(11-22(27)28)24-21(30)13-19(26)16-9-5-2-6-10-16/h1-10,17H,11-14H2,(H,23,29)(H,24,30)(H,27,28). The van der Waals surface area contributed by atoms with Gasteiger partial charge < -0.3 is 15.7 Å². The number of carbonyl (C=O) groups excluding carboxylic acids is 2. The Kier molecular flexibility index (Phi) is 9.24. The first-order valence-electron chi connectivity index (χ1n) is 9.29. The van der Waals surface area contributed by atoms with Crippen LogP contribution in [-0.2, 0) is 4.79 Å². The first-order valence-corrected chi connectivity index (χ1v) is 10.1. The van der Waals surface area contributed by atoms with Gasteiger partial charge in [-0.2, -0.15) is 0 Å². The van der Waals surface area contributed by atoms with Crippen molar-refractivity contribution in [3.63, 3.8) is 0 Å². The summed E-state index contributed by atoms with van der Waals surface area (Å²) in [7, 11) is 0. The Morgan fingerprint density at radius 3 is 1.73 bits per heavy atom. The maximum Gasteiger partial charge on any atom is 0.305 e. The lowest BCUT2D eigenvalue weighted by Crippen LogP contribution is -2.44. The summed E-state index contributed by atoms with van der Waals surface area (Å²) in [6, 6.07) is 16.9. The Hall–Kier alpha value is -2.97. The van der Waals surface area contributed by atoms with E-state index in [1.807, 2.05) is 12.1 Å². The maximum atomic E-state index is 12.3. The molecule has 0 amide bonds. The fourth-order valence-electron chi connectivity index (χ4n) is 2.71. The van der Waals surface area contributed by atoms with Crippen LogP contribution in [0.5, 0.6) is 0 Å². The zero-order valence-electron chi connectivity index (χ0n) is 16.2. The summed E-state index contributed by atoms with van der Waals surface area (Å²) in [6.45, 7) is 0.160. The van der Waals surface area contributed by atoms with Gasteiger partial charge in [0.25, 0.3) is 0 Å². The van der Waals surface area contributed by atoms with Crippen LogP contribution in [0.3, 0.4) is 0 Å². The van der Waals surface area contributed by atoms with Crippen molar-refractivity contribution in [3.05, 3.63) is 71.8 Å². The minimum Gasteiger partial charge on any atom is -0.481 e. The molecule has 156 valence electrons. The zero-order valence-corrected chi connectivity index (χ0v) is 17.8. The molecule has 0 aliphatic heterocycles.